The molecule has 13 nitrogen and oxygen atoms in total. The van der Waals surface area contributed by atoms with Crippen LogP contribution < -0.4 is 0 Å². The van der Waals surface area contributed by atoms with Crippen LogP contribution in [0.25, 0.3) is 0 Å². The topological polar surface area (TPSA) is 95.6 Å². The van der Waals surface area contributed by atoms with E-state index in [1.54, 1.807) is 0 Å². The molecule has 0 bridgehead atoms. The molecule has 0 aromatic carbocycles. The van der Waals surface area contributed by atoms with Crippen LogP contribution in [0.5, 0.6) is 0 Å². The Balaban J connectivity index is 2.19. The van der Waals surface area contributed by atoms with Crippen LogP contribution in [-0.4, -0.2) is 164 Å². The van der Waals surface area contributed by atoms with Crippen LogP contribution in [0.2, 0.25) is 0 Å². The molecule has 4 aliphatic rings. The van der Waals surface area contributed by atoms with Gasteiger partial charge in [0, 0.05) is 0 Å². The van der Waals surface area contributed by atoms with Crippen molar-refractivity contribution >= 4 is 39.8 Å². The molecule has 0 amide bonds. The van der Waals surface area contributed by atoms with Gasteiger partial charge in [0.25, 0.3) is 0 Å². The molecule has 0 fully saturated rings. The van der Waals surface area contributed by atoms with E-state index < -0.39 is 107 Å². The Bertz CT molecular complexity index is 1270. The van der Waals surface area contributed by atoms with Crippen molar-refractivity contribution in [1.82, 2.24) is 0 Å². The summed E-state index contributed by atoms with van der Waals surface area (Å²) >= 11 is 0. The number of halogens is 12. The van der Waals surface area contributed by atoms with Gasteiger partial charge in [0.2, 0.25) is 0 Å². The molecule has 2 spiro atoms. The van der Waals surface area contributed by atoms with Gasteiger partial charge < -0.3 is 0 Å². The van der Waals surface area contributed by atoms with Crippen molar-refractivity contribution in [1.29, 1.82) is 0 Å². The summed E-state index contributed by atoms with van der Waals surface area (Å²) in [7, 11) is -6.47. The number of quaternary nitrogens is 4. The van der Waals surface area contributed by atoms with E-state index in [2.05, 4.69) is 20.4 Å². The Morgan fingerprint density at radius 3 is 0.745 bits per heavy atom. The quantitative estimate of drug-likeness (QED) is 0.246. The third kappa shape index (κ3) is 7.19. The monoisotopic (exact) mass is 748 g/mol. The van der Waals surface area contributed by atoms with Crippen molar-refractivity contribution in [3.05, 3.63) is 0 Å². The van der Waals surface area contributed by atoms with Crippen LogP contribution in [0.15, 0.2) is 20.4 Å². The first kappa shape index (κ1) is 37.1. The molecular formula is C20H32F12N8O5Si2+2. The minimum atomic E-state index is -7.02. The predicted octanol–water partition coefficient (Wildman–Crippen LogP) is 2.88. The van der Waals surface area contributed by atoms with E-state index >= 15 is 0 Å². The average Bonchev–Trinajstić information content (AvgIpc) is 2.70. The number of rotatable bonds is 2. The maximum atomic E-state index is 14.4. The number of nitrogens with zero attached hydrogens (tertiary/aromatic N) is 8. The van der Waals surface area contributed by atoms with Gasteiger partial charge in [-0.25, -0.2) is 0 Å². The third-order valence-corrected chi connectivity index (χ3v) is 18.7. The first-order chi connectivity index (χ1) is 20.4. The summed E-state index contributed by atoms with van der Waals surface area (Å²) in [5, 5.41) is 13.5. The van der Waals surface area contributed by atoms with Gasteiger partial charge in [-0.15, -0.1) is 0 Å². The first-order valence-corrected chi connectivity index (χ1v) is 18.5. The molecular weight excluding hydrogens is 716 g/mol. The fraction of sp³-hybridized carbons (Fsp3) is 0.800. The molecule has 0 N–H and O–H groups in total. The number of hydrogen-bond donors (Lipinski definition) is 0. The van der Waals surface area contributed by atoms with E-state index in [9.17, 15) is 52.7 Å². The van der Waals surface area contributed by atoms with E-state index in [4.69, 9.17) is 21.8 Å². The Hall–Kier alpha value is -2.73. The summed E-state index contributed by atoms with van der Waals surface area (Å²) in [5.41, 5.74) is 0. The second kappa shape index (κ2) is 9.49. The second-order valence-electron chi connectivity index (χ2n) is 14.0. The minimum absolute atomic E-state index is 0.947. The van der Waals surface area contributed by atoms with Crippen LogP contribution in [0, 0.1) is 0 Å². The molecule has 4 aliphatic heterocycles. The van der Waals surface area contributed by atoms with E-state index in [-0.39, 0.29) is 0 Å². The fourth-order valence-corrected chi connectivity index (χ4v) is 21.8. The van der Waals surface area contributed by atoms with Crippen LogP contribution in [0.3, 0.4) is 0 Å². The van der Waals surface area contributed by atoms with Crippen LogP contribution in [0.4, 0.5) is 52.7 Å². The summed E-state index contributed by atoms with van der Waals surface area (Å²) < 4.78 is 195. The molecule has 0 saturated carbocycles. The van der Waals surface area contributed by atoms with E-state index in [0.29, 0.717) is 0 Å². The van der Waals surface area contributed by atoms with Crippen molar-refractivity contribution in [3.8, 4) is 0 Å². The summed E-state index contributed by atoms with van der Waals surface area (Å²) in [4.78, 5) is 0. The Morgan fingerprint density at radius 2 is 0.596 bits per heavy atom. The molecule has 0 saturated heterocycles. The van der Waals surface area contributed by atoms with Crippen molar-refractivity contribution in [3.63, 3.8) is 0 Å². The molecule has 4 rings (SSSR count). The zero-order chi connectivity index (χ0) is 36.4. The van der Waals surface area contributed by atoms with Gasteiger partial charge in [-0.1, -0.05) is 0 Å². The van der Waals surface area contributed by atoms with Crippen molar-refractivity contribution in [2.45, 2.75) is 24.7 Å². The molecule has 0 aliphatic carbocycles. The molecule has 0 atom stereocenters. The summed E-state index contributed by atoms with van der Waals surface area (Å²) in [6, 6.07) is 0. The Morgan fingerprint density at radius 1 is 0.426 bits per heavy atom. The zero-order valence-corrected chi connectivity index (χ0v) is 28.0. The van der Waals surface area contributed by atoms with Gasteiger partial charge in [0.1, 0.15) is 0 Å². The van der Waals surface area contributed by atoms with E-state index in [0.717, 1.165) is 56.4 Å². The van der Waals surface area contributed by atoms with Gasteiger partial charge in [0.15, 0.2) is 0 Å². The molecule has 0 aromatic heterocycles. The molecule has 0 radical (unpaired) electrons. The van der Waals surface area contributed by atoms with Crippen molar-refractivity contribution in [2.24, 2.45) is 20.4 Å². The van der Waals surface area contributed by atoms with Gasteiger partial charge in [-0.2, -0.15) is 0 Å². The number of hydrogen-bond acceptors (Lipinski definition) is 9. The van der Waals surface area contributed by atoms with Gasteiger partial charge >= 0.3 is 259 Å². The van der Waals surface area contributed by atoms with Crippen LogP contribution >= 0.6 is 0 Å². The molecule has 4 heterocycles. The summed E-state index contributed by atoms with van der Waals surface area (Å²) in [6.45, 7) is 0. The molecule has 0 unspecified atom stereocenters. The summed E-state index contributed by atoms with van der Waals surface area (Å²) in [5.74, 6) is -8.90. The van der Waals surface area contributed by atoms with Crippen molar-refractivity contribution in [2.75, 3.05) is 81.1 Å². The SMILES string of the molecule is C[N+]1(C)C[Si-]2(O[Si-]34(C[N+](C)(C)N=C(C(F)(F)F)O3)C[N+](C)(C)N=C(C(F)(F)F)O4)(C[N+](C)(C)N=C(C(F)(F)F)O2)OC(C(F)(F)F)=N1. The molecule has 47 heavy (non-hydrogen) atoms. The van der Waals surface area contributed by atoms with E-state index in [1.807, 2.05) is 0 Å². The number of alkyl halides is 12. The fourth-order valence-electron chi connectivity index (χ4n) is 6.64. The standard InChI is InChI=1S/C20H32F12N8O5Si2/c1-37(2)9-46(41-13(33-37)17(21,22)23,10-38(3,4)34-14(42-46)18(24,25)26)45-47(11-39(5,6)35-15(43-47)19(27,28)29)12-40(7,8)36-16(44-47)20(30,31)32/h9-12H2,1-8H3/q+2. The van der Waals surface area contributed by atoms with Gasteiger partial charge in [0.05, 0.1) is 0 Å². The predicted molar refractivity (Wildman–Crippen MR) is 139 cm³/mol. The Kier molecular flexibility index (Phi) is 7.49. The van der Waals surface area contributed by atoms with Gasteiger partial charge in [-0.05, 0) is 0 Å². The Labute approximate surface area is 259 Å². The molecule has 0 aromatic rings. The van der Waals surface area contributed by atoms with Gasteiger partial charge in [-0.3, -0.25) is 0 Å². The zero-order valence-electron chi connectivity index (χ0n) is 26.0. The molecule has 272 valence electrons. The summed E-state index contributed by atoms with van der Waals surface area (Å²) in [6.07, 6.45) is -27.1. The van der Waals surface area contributed by atoms with Crippen LogP contribution in [0.1, 0.15) is 0 Å². The van der Waals surface area contributed by atoms with E-state index in [1.165, 1.54) is 0 Å². The second-order valence-corrected chi connectivity index (χ2v) is 22.3. The average molecular weight is 749 g/mol. The molecule has 27 heteroatoms. The van der Waals surface area contributed by atoms with Crippen molar-refractivity contribution < 1.29 is 92.9 Å². The third-order valence-electron chi connectivity index (χ3n) is 6.94. The first-order valence-electron chi connectivity index (χ1n) is 13.3. The normalized spacial score (nSPS) is 30.1. The van der Waals surface area contributed by atoms with Crippen LogP contribution in [-0.2, 0) is 21.8 Å². The maximum absolute atomic E-state index is 14.4.